The van der Waals surface area contributed by atoms with E-state index in [1.54, 1.807) is 7.11 Å². The second-order valence-corrected chi connectivity index (χ2v) is 6.85. The van der Waals surface area contributed by atoms with Gasteiger partial charge in [0.15, 0.2) is 0 Å². The van der Waals surface area contributed by atoms with Gasteiger partial charge in [-0.25, -0.2) is 4.98 Å². The number of nitrogens with zero attached hydrogens (tertiary/aromatic N) is 2. The molecule has 0 unspecified atom stereocenters. The summed E-state index contributed by atoms with van der Waals surface area (Å²) in [6.07, 6.45) is 2.13. The Morgan fingerprint density at radius 2 is 2.16 bits per heavy atom. The molecule has 0 aliphatic heterocycles. The number of hydrogen-bond donors (Lipinski definition) is 0. The van der Waals surface area contributed by atoms with Crippen molar-refractivity contribution >= 4 is 34.4 Å². The van der Waals surface area contributed by atoms with E-state index < -0.39 is 0 Å². The number of aromatic nitrogens is 2. The van der Waals surface area contributed by atoms with Crippen molar-refractivity contribution in [3.05, 3.63) is 24.0 Å². The number of fused-ring (bicyclic) bond motifs is 1. The Morgan fingerprint density at radius 1 is 1.42 bits per heavy atom. The summed E-state index contributed by atoms with van der Waals surface area (Å²) in [5, 5.41) is 0. The quantitative estimate of drug-likeness (QED) is 0.783. The van der Waals surface area contributed by atoms with Crippen LogP contribution in [0.2, 0.25) is 0 Å². The molecular formula is C14H19ClN2OS. The number of rotatable bonds is 5. The predicted octanol–water partition coefficient (Wildman–Crippen LogP) is 3.93. The first-order valence-electron chi connectivity index (χ1n) is 6.15. The SMILES string of the molecule is COc1ccc2c(c1)nc(CCl)n2CC(C)(C)SC. The van der Waals surface area contributed by atoms with Gasteiger partial charge in [-0.15, -0.1) is 11.6 Å². The van der Waals surface area contributed by atoms with Crippen LogP contribution < -0.4 is 4.74 Å². The zero-order chi connectivity index (χ0) is 14.0. The van der Waals surface area contributed by atoms with Gasteiger partial charge in [-0.3, -0.25) is 0 Å². The number of alkyl halides is 1. The molecule has 0 atom stereocenters. The summed E-state index contributed by atoms with van der Waals surface area (Å²) >= 11 is 7.87. The highest BCUT2D eigenvalue weighted by Gasteiger charge is 2.20. The Morgan fingerprint density at radius 3 is 2.74 bits per heavy atom. The third-order valence-corrected chi connectivity index (χ3v) is 4.72. The predicted molar refractivity (Wildman–Crippen MR) is 83.4 cm³/mol. The number of hydrogen-bond acceptors (Lipinski definition) is 3. The highest BCUT2D eigenvalue weighted by atomic mass is 35.5. The second-order valence-electron chi connectivity index (χ2n) is 5.07. The molecule has 0 aliphatic carbocycles. The number of methoxy groups -OCH3 is 1. The van der Waals surface area contributed by atoms with Gasteiger partial charge in [0.05, 0.1) is 24.0 Å². The largest absolute Gasteiger partial charge is 0.497 e. The first-order valence-corrected chi connectivity index (χ1v) is 7.91. The monoisotopic (exact) mass is 298 g/mol. The molecule has 0 aliphatic rings. The third-order valence-electron chi connectivity index (χ3n) is 3.25. The van der Waals surface area contributed by atoms with Gasteiger partial charge in [-0.2, -0.15) is 11.8 Å². The van der Waals surface area contributed by atoms with Crippen LogP contribution in [0.1, 0.15) is 19.7 Å². The lowest BCUT2D eigenvalue weighted by Gasteiger charge is -2.24. The molecule has 0 saturated carbocycles. The molecule has 19 heavy (non-hydrogen) atoms. The summed E-state index contributed by atoms with van der Waals surface area (Å²) in [5.74, 6) is 2.15. The highest BCUT2D eigenvalue weighted by Crippen LogP contribution is 2.28. The van der Waals surface area contributed by atoms with Crippen molar-refractivity contribution in [2.75, 3.05) is 13.4 Å². The van der Waals surface area contributed by atoms with Crippen LogP contribution in [-0.2, 0) is 12.4 Å². The molecular weight excluding hydrogens is 280 g/mol. The Bertz CT molecular complexity index is 580. The molecule has 0 N–H and O–H groups in total. The van der Waals surface area contributed by atoms with E-state index in [1.165, 1.54) is 0 Å². The second kappa shape index (κ2) is 5.63. The van der Waals surface area contributed by atoms with Crippen molar-refractivity contribution in [2.24, 2.45) is 0 Å². The lowest BCUT2D eigenvalue weighted by Crippen LogP contribution is -2.23. The van der Waals surface area contributed by atoms with Gasteiger partial charge in [-0.1, -0.05) is 0 Å². The van der Waals surface area contributed by atoms with E-state index in [2.05, 4.69) is 29.7 Å². The van der Waals surface area contributed by atoms with E-state index in [0.29, 0.717) is 5.88 Å². The van der Waals surface area contributed by atoms with E-state index >= 15 is 0 Å². The maximum Gasteiger partial charge on any atom is 0.124 e. The molecule has 0 bridgehead atoms. The molecule has 0 spiro atoms. The minimum atomic E-state index is 0.147. The van der Waals surface area contributed by atoms with Crippen LogP contribution >= 0.6 is 23.4 Å². The van der Waals surface area contributed by atoms with Crippen LogP contribution in [0.15, 0.2) is 18.2 Å². The zero-order valence-electron chi connectivity index (χ0n) is 11.7. The smallest absolute Gasteiger partial charge is 0.124 e. The average molecular weight is 299 g/mol. The van der Waals surface area contributed by atoms with Gasteiger partial charge < -0.3 is 9.30 Å². The summed E-state index contributed by atoms with van der Waals surface area (Å²) in [4.78, 5) is 4.60. The summed E-state index contributed by atoms with van der Waals surface area (Å²) in [6.45, 7) is 5.34. The fourth-order valence-corrected chi connectivity index (χ4v) is 2.47. The summed E-state index contributed by atoms with van der Waals surface area (Å²) in [7, 11) is 1.66. The van der Waals surface area contributed by atoms with Crippen LogP contribution in [0.25, 0.3) is 11.0 Å². The standard InChI is InChI=1S/C14H19ClN2OS/c1-14(2,19-4)9-17-12-6-5-10(18-3)7-11(12)16-13(17)8-15/h5-7H,8-9H2,1-4H3. The zero-order valence-corrected chi connectivity index (χ0v) is 13.3. The van der Waals surface area contributed by atoms with E-state index in [0.717, 1.165) is 29.2 Å². The van der Waals surface area contributed by atoms with Crippen molar-refractivity contribution in [1.82, 2.24) is 9.55 Å². The third kappa shape index (κ3) is 3.00. The molecule has 0 amide bonds. The maximum absolute atomic E-state index is 6.03. The van der Waals surface area contributed by atoms with Crippen molar-refractivity contribution in [2.45, 2.75) is 31.0 Å². The van der Waals surface area contributed by atoms with Crippen molar-refractivity contribution < 1.29 is 4.74 Å². The van der Waals surface area contributed by atoms with Crippen LogP contribution in [0.3, 0.4) is 0 Å². The number of ether oxygens (including phenoxy) is 1. The molecule has 2 rings (SSSR count). The Balaban J connectivity index is 2.52. The van der Waals surface area contributed by atoms with Gasteiger partial charge >= 0.3 is 0 Å². The number of thioether (sulfide) groups is 1. The van der Waals surface area contributed by atoms with Crippen molar-refractivity contribution in [3.63, 3.8) is 0 Å². The molecule has 0 fully saturated rings. The van der Waals surface area contributed by atoms with Crippen LogP contribution in [-0.4, -0.2) is 27.7 Å². The van der Waals surface area contributed by atoms with E-state index in [1.807, 2.05) is 30.0 Å². The van der Waals surface area contributed by atoms with Crippen molar-refractivity contribution in [1.29, 1.82) is 0 Å². The van der Waals surface area contributed by atoms with Crippen LogP contribution in [0.5, 0.6) is 5.75 Å². The normalized spacial score (nSPS) is 12.1. The minimum Gasteiger partial charge on any atom is -0.497 e. The van der Waals surface area contributed by atoms with E-state index in [4.69, 9.17) is 16.3 Å². The topological polar surface area (TPSA) is 27.1 Å². The minimum absolute atomic E-state index is 0.147. The molecule has 104 valence electrons. The highest BCUT2D eigenvalue weighted by molar-refractivity contribution is 7.99. The lowest BCUT2D eigenvalue weighted by molar-refractivity contribution is 0.415. The van der Waals surface area contributed by atoms with Crippen LogP contribution in [0, 0.1) is 0 Å². The molecule has 2 aromatic rings. The van der Waals surface area contributed by atoms with Gasteiger partial charge in [0, 0.05) is 17.4 Å². The Kier molecular flexibility index (Phi) is 4.31. The maximum atomic E-state index is 6.03. The number of imidazole rings is 1. The molecule has 5 heteroatoms. The average Bonchev–Trinajstić information content (AvgIpc) is 2.75. The van der Waals surface area contributed by atoms with Gasteiger partial charge in [0.1, 0.15) is 11.6 Å². The van der Waals surface area contributed by atoms with Crippen LogP contribution in [0.4, 0.5) is 0 Å². The Hall–Kier alpha value is -0.870. The molecule has 1 aromatic heterocycles. The number of halogens is 1. The Labute approximate surface area is 123 Å². The molecule has 1 aromatic carbocycles. The van der Waals surface area contributed by atoms with Gasteiger partial charge in [0.2, 0.25) is 0 Å². The van der Waals surface area contributed by atoms with Gasteiger partial charge in [-0.05, 0) is 32.2 Å². The molecule has 0 radical (unpaired) electrons. The first-order chi connectivity index (χ1) is 9.00. The lowest BCUT2D eigenvalue weighted by atomic mass is 10.2. The summed E-state index contributed by atoms with van der Waals surface area (Å²) in [6, 6.07) is 5.96. The number of benzene rings is 1. The van der Waals surface area contributed by atoms with E-state index in [-0.39, 0.29) is 4.75 Å². The molecule has 3 nitrogen and oxygen atoms in total. The fraction of sp³-hybridized carbons (Fsp3) is 0.500. The summed E-state index contributed by atoms with van der Waals surface area (Å²) in [5.41, 5.74) is 2.05. The molecule has 1 heterocycles. The fourth-order valence-electron chi connectivity index (χ4n) is 2.01. The van der Waals surface area contributed by atoms with E-state index in [9.17, 15) is 0 Å². The van der Waals surface area contributed by atoms with Crippen molar-refractivity contribution in [3.8, 4) is 5.75 Å². The summed E-state index contributed by atoms with van der Waals surface area (Å²) < 4.78 is 7.59. The molecule has 0 saturated heterocycles. The van der Waals surface area contributed by atoms with Gasteiger partial charge in [0.25, 0.3) is 0 Å². The first kappa shape index (κ1) is 14.5.